The maximum absolute atomic E-state index is 11.7. The maximum Gasteiger partial charge on any atom is 0.150 e. The molecule has 0 bridgehead atoms. The molecule has 0 saturated carbocycles. The van der Waals surface area contributed by atoms with Gasteiger partial charge in [-0.15, -0.1) is 0 Å². The van der Waals surface area contributed by atoms with Crippen molar-refractivity contribution in [2.24, 2.45) is 0 Å². The molecule has 1 aromatic carbocycles. The highest BCUT2D eigenvalue weighted by Gasteiger charge is 2.19. The van der Waals surface area contributed by atoms with Gasteiger partial charge in [0.15, 0.2) is 0 Å². The second-order valence-corrected chi connectivity index (χ2v) is 8.65. The smallest absolute Gasteiger partial charge is 0.150 e. The molecule has 1 aromatic rings. The summed E-state index contributed by atoms with van der Waals surface area (Å²) in [4.78, 5) is 30.1. The topological polar surface area (TPSA) is 43.9 Å². The molecule has 0 aromatic heterocycles. The zero-order chi connectivity index (χ0) is 21.8. The molecule has 1 aliphatic heterocycles. The lowest BCUT2D eigenvalue weighted by Crippen LogP contribution is -2.46. The van der Waals surface area contributed by atoms with Crippen molar-refractivity contribution in [1.82, 2.24) is 9.80 Å². The SMILES string of the molecule is CCCCCCCN1CCN(c2ccc(CN(C)C(C=O)CCC)c(C=O)c2)CC1. The molecule has 168 valence electrons. The number of rotatable bonds is 14. The molecule has 0 N–H and O–H groups in total. The molecule has 0 radical (unpaired) electrons. The minimum Gasteiger partial charge on any atom is -0.369 e. The third kappa shape index (κ3) is 7.51. The van der Waals surface area contributed by atoms with Crippen LogP contribution in [0.3, 0.4) is 0 Å². The van der Waals surface area contributed by atoms with Crippen molar-refractivity contribution < 1.29 is 9.59 Å². The number of hydrogen-bond donors (Lipinski definition) is 0. The number of hydrogen-bond acceptors (Lipinski definition) is 5. The van der Waals surface area contributed by atoms with E-state index in [1.165, 1.54) is 38.6 Å². The molecule has 1 saturated heterocycles. The first kappa shape index (κ1) is 24.5. The second kappa shape index (κ2) is 13.6. The first-order valence-electron chi connectivity index (χ1n) is 11.8. The van der Waals surface area contributed by atoms with E-state index in [1.807, 2.05) is 18.0 Å². The van der Waals surface area contributed by atoms with E-state index in [4.69, 9.17) is 0 Å². The number of aldehydes is 2. The summed E-state index contributed by atoms with van der Waals surface area (Å²) in [5.74, 6) is 0. The third-order valence-electron chi connectivity index (χ3n) is 6.30. The van der Waals surface area contributed by atoms with Crippen LogP contribution in [0.2, 0.25) is 0 Å². The van der Waals surface area contributed by atoms with E-state index >= 15 is 0 Å². The minimum absolute atomic E-state index is 0.0933. The monoisotopic (exact) mass is 415 g/mol. The zero-order valence-corrected chi connectivity index (χ0v) is 19.3. The number of carbonyl (C=O) groups is 2. The van der Waals surface area contributed by atoms with E-state index in [0.29, 0.717) is 6.54 Å². The normalized spacial score (nSPS) is 16.1. The second-order valence-electron chi connectivity index (χ2n) is 8.65. The average molecular weight is 416 g/mol. The summed E-state index contributed by atoms with van der Waals surface area (Å²) < 4.78 is 0. The molecular weight excluding hydrogens is 374 g/mol. The van der Waals surface area contributed by atoms with Crippen LogP contribution in [0.1, 0.15) is 74.7 Å². The Morgan fingerprint density at radius 2 is 1.73 bits per heavy atom. The summed E-state index contributed by atoms with van der Waals surface area (Å²) >= 11 is 0. The Kier molecular flexibility index (Phi) is 11.1. The number of nitrogens with zero attached hydrogens (tertiary/aromatic N) is 3. The van der Waals surface area contributed by atoms with Crippen LogP contribution >= 0.6 is 0 Å². The van der Waals surface area contributed by atoms with Gasteiger partial charge in [0.1, 0.15) is 12.6 Å². The molecule has 1 atom stereocenters. The van der Waals surface area contributed by atoms with E-state index < -0.39 is 0 Å². The van der Waals surface area contributed by atoms with E-state index in [9.17, 15) is 9.59 Å². The molecule has 0 spiro atoms. The van der Waals surface area contributed by atoms with Crippen molar-refractivity contribution in [2.75, 3.05) is 44.7 Å². The molecule has 1 heterocycles. The number of benzene rings is 1. The number of piperazine rings is 1. The van der Waals surface area contributed by atoms with Gasteiger partial charge in [0.2, 0.25) is 0 Å². The molecule has 30 heavy (non-hydrogen) atoms. The number of anilines is 1. The van der Waals surface area contributed by atoms with Gasteiger partial charge in [-0.2, -0.15) is 0 Å². The van der Waals surface area contributed by atoms with Gasteiger partial charge in [-0.1, -0.05) is 52.0 Å². The highest BCUT2D eigenvalue weighted by molar-refractivity contribution is 5.79. The van der Waals surface area contributed by atoms with E-state index in [-0.39, 0.29) is 6.04 Å². The predicted molar refractivity (Wildman–Crippen MR) is 125 cm³/mol. The molecule has 2 rings (SSSR count). The Hall–Kier alpha value is -1.72. The minimum atomic E-state index is -0.0933. The van der Waals surface area contributed by atoms with E-state index in [0.717, 1.165) is 68.4 Å². The predicted octanol–water partition coefficient (Wildman–Crippen LogP) is 4.39. The quantitative estimate of drug-likeness (QED) is 0.333. The standard InChI is InChI=1S/C25H41N3O2/c1-4-6-7-8-9-13-27-14-16-28(17-15-27)24-12-11-22(23(18-24)20-29)19-26(3)25(21-30)10-5-2/h11-12,18,20-21,25H,4-10,13-17,19H2,1-3H3. The Balaban J connectivity index is 1.89. The summed E-state index contributed by atoms with van der Waals surface area (Å²) in [6.07, 6.45) is 10.4. The van der Waals surface area contributed by atoms with Gasteiger partial charge in [-0.05, 0) is 44.1 Å². The fourth-order valence-electron chi connectivity index (χ4n) is 4.28. The summed E-state index contributed by atoms with van der Waals surface area (Å²) in [5, 5.41) is 0. The van der Waals surface area contributed by atoms with Crippen molar-refractivity contribution in [3.63, 3.8) is 0 Å². The highest BCUT2D eigenvalue weighted by Crippen LogP contribution is 2.22. The fraction of sp³-hybridized carbons (Fsp3) is 0.680. The van der Waals surface area contributed by atoms with Crippen molar-refractivity contribution >= 4 is 18.3 Å². The van der Waals surface area contributed by atoms with Crippen molar-refractivity contribution in [3.05, 3.63) is 29.3 Å². The van der Waals surface area contributed by atoms with Gasteiger partial charge >= 0.3 is 0 Å². The lowest BCUT2D eigenvalue weighted by molar-refractivity contribution is -0.112. The first-order valence-corrected chi connectivity index (χ1v) is 11.8. The number of unbranched alkanes of at least 4 members (excludes halogenated alkanes) is 4. The molecule has 5 heteroatoms. The number of likely N-dealkylation sites (N-methyl/N-ethyl adjacent to an activating group) is 1. The van der Waals surface area contributed by atoms with Crippen LogP contribution in [0.15, 0.2) is 18.2 Å². The summed E-state index contributed by atoms with van der Waals surface area (Å²) in [5.41, 5.74) is 2.86. The van der Waals surface area contributed by atoms with Crippen LogP contribution in [0.5, 0.6) is 0 Å². The summed E-state index contributed by atoms with van der Waals surface area (Å²) in [6.45, 7) is 10.4. The van der Waals surface area contributed by atoms with E-state index in [1.54, 1.807) is 0 Å². The van der Waals surface area contributed by atoms with Crippen LogP contribution in [-0.4, -0.2) is 68.2 Å². The van der Waals surface area contributed by atoms with Crippen LogP contribution < -0.4 is 4.90 Å². The van der Waals surface area contributed by atoms with Crippen molar-refractivity contribution in [2.45, 2.75) is 71.4 Å². The van der Waals surface area contributed by atoms with Gasteiger partial charge in [0.25, 0.3) is 0 Å². The molecule has 1 unspecified atom stereocenters. The Morgan fingerprint density at radius 1 is 1.00 bits per heavy atom. The third-order valence-corrected chi connectivity index (χ3v) is 6.30. The number of carbonyl (C=O) groups excluding carboxylic acids is 2. The van der Waals surface area contributed by atoms with Crippen LogP contribution in [-0.2, 0) is 11.3 Å². The molecule has 0 amide bonds. The summed E-state index contributed by atoms with van der Waals surface area (Å²) in [7, 11) is 1.96. The summed E-state index contributed by atoms with van der Waals surface area (Å²) in [6, 6.07) is 6.12. The molecule has 5 nitrogen and oxygen atoms in total. The largest absolute Gasteiger partial charge is 0.369 e. The van der Waals surface area contributed by atoms with Gasteiger partial charge in [-0.25, -0.2) is 0 Å². The molecule has 0 aliphatic carbocycles. The van der Waals surface area contributed by atoms with Gasteiger partial charge in [0, 0.05) is 44.0 Å². The zero-order valence-electron chi connectivity index (χ0n) is 19.3. The first-order chi connectivity index (χ1) is 14.6. The maximum atomic E-state index is 11.7. The molecular formula is C25H41N3O2. The Bertz CT molecular complexity index is 641. The molecule has 1 aliphatic rings. The average Bonchev–Trinajstić information content (AvgIpc) is 2.78. The lowest BCUT2D eigenvalue weighted by Gasteiger charge is -2.36. The van der Waals surface area contributed by atoms with Crippen LogP contribution in [0, 0.1) is 0 Å². The van der Waals surface area contributed by atoms with Gasteiger partial charge in [-0.3, -0.25) is 14.6 Å². The van der Waals surface area contributed by atoms with E-state index in [2.05, 4.69) is 35.8 Å². The Morgan fingerprint density at radius 3 is 2.37 bits per heavy atom. The van der Waals surface area contributed by atoms with Crippen molar-refractivity contribution in [1.29, 1.82) is 0 Å². The fourth-order valence-corrected chi connectivity index (χ4v) is 4.28. The van der Waals surface area contributed by atoms with Gasteiger partial charge in [0.05, 0.1) is 6.04 Å². The van der Waals surface area contributed by atoms with Crippen LogP contribution in [0.25, 0.3) is 0 Å². The Labute approximate surface area is 183 Å². The van der Waals surface area contributed by atoms with Gasteiger partial charge < -0.3 is 9.69 Å². The van der Waals surface area contributed by atoms with Crippen LogP contribution in [0.4, 0.5) is 5.69 Å². The molecule has 1 fully saturated rings. The highest BCUT2D eigenvalue weighted by atomic mass is 16.1. The lowest BCUT2D eigenvalue weighted by atomic mass is 10.0. The van der Waals surface area contributed by atoms with Crippen molar-refractivity contribution in [3.8, 4) is 0 Å².